The van der Waals surface area contributed by atoms with Crippen molar-refractivity contribution in [1.29, 1.82) is 0 Å². The summed E-state index contributed by atoms with van der Waals surface area (Å²) in [5.74, 6) is 1.17. The summed E-state index contributed by atoms with van der Waals surface area (Å²) in [6, 6.07) is 9.60. The van der Waals surface area contributed by atoms with Crippen LogP contribution in [0.5, 0.6) is 0 Å². The summed E-state index contributed by atoms with van der Waals surface area (Å²) < 4.78 is 5.37. The summed E-state index contributed by atoms with van der Waals surface area (Å²) in [5.41, 5.74) is 0.717. The third-order valence-electron chi connectivity index (χ3n) is 3.64. The van der Waals surface area contributed by atoms with Crippen molar-refractivity contribution in [2.45, 2.75) is 19.9 Å². The molecule has 0 fully saturated rings. The van der Waals surface area contributed by atoms with Gasteiger partial charge in [-0.15, -0.1) is 0 Å². The van der Waals surface area contributed by atoms with Crippen LogP contribution in [-0.2, 0) is 4.79 Å². The molecule has 0 radical (unpaired) electrons. The Morgan fingerprint density at radius 1 is 1.35 bits per heavy atom. The van der Waals surface area contributed by atoms with Crippen LogP contribution in [0.2, 0.25) is 0 Å². The van der Waals surface area contributed by atoms with E-state index in [1.54, 1.807) is 31.3 Å². The predicted octanol–water partition coefficient (Wildman–Crippen LogP) is 3.73. The number of aryl methyl sites for hydroxylation is 1. The van der Waals surface area contributed by atoms with Crippen LogP contribution in [0.15, 0.2) is 46.9 Å². The van der Waals surface area contributed by atoms with Crippen molar-refractivity contribution in [3.63, 3.8) is 0 Å². The monoisotopic (exact) mass is 314 g/mol. The van der Waals surface area contributed by atoms with Gasteiger partial charge in [0.25, 0.3) is 5.69 Å². The zero-order valence-electron chi connectivity index (χ0n) is 13.2. The van der Waals surface area contributed by atoms with Crippen LogP contribution in [0.3, 0.4) is 0 Å². The van der Waals surface area contributed by atoms with Crippen LogP contribution in [0.1, 0.15) is 30.0 Å². The summed E-state index contributed by atoms with van der Waals surface area (Å²) >= 11 is 0. The Kier molecular flexibility index (Phi) is 4.95. The lowest BCUT2D eigenvalue weighted by Gasteiger charge is -2.24. The number of furan rings is 1. The van der Waals surface area contributed by atoms with E-state index in [4.69, 9.17) is 4.42 Å². The van der Waals surface area contributed by atoms with Gasteiger partial charge in [-0.2, -0.15) is 0 Å². The number of rotatable bonds is 5. The first kappa shape index (κ1) is 16.5. The highest BCUT2D eigenvalue weighted by Crippen LogP contribution is 2.23. The number of non-ortho nitro benzene ring substituents is 1. The van der Waals surface area contributed by atoms with E-state index in [2.05, 4.69) is 0 Å². The number of amides is 1. The molecule has 1 aromatic heterocycles. The molecule has 0 saturated heterocycles. The number of benzene rings is 1. The second kappa shape index (κ2) is 6.91. The molecular formula is C17H18N2O4. The van der Waals surface area contributed by atoms with Crippen molar-refractivity contribution in [1.82, 2.24) is 4.90 Å². The van der Waals surface area contributed by atoms with Crippen molar-refractivity contribution in [2.24, 2.45) is 0 Å². The molecule has 120 valence electrons. The van der Waals surface area contributed by atoms with E-state index in [9.17, 15) is 14.9 Å². The van der Waals surface area contributed by atoms with E-state index in [-0.39, 0.29) is 17.6 Å². The van der Waals surface area contributed by atoms with E-state index in [1.807, 2.05) is 19.9 Å². The minimum absolute atomic E-state index is 0.0109. The lowest BCUT2D eigenvalue weighted by atomic mass is 10.1. The predicted molar refractivity (Wildman–Crippen MR) is 86.8 cm³/mol. The van der Waals surface area contributed by atoms with E-state index in [0.717, 1.165) is 5.76 Å². The van der Waals surface area contributed by atoms with Gasteiger partial charge < -0.3 is 9.32 Å². The molecule has 1 aromatic carbocycles. The van der Waals surface area contributed by atoms with Crippen LogP contribution in [0.4, 0.5) is 5.69 Å². The zero-order chi connectivity index (χ0) is 17.0. The molecule has 2 aromatic rings. The van der Waals surface area contributed by atoms with Gasteiger partial charge in [-0.05, 0) is 37.6 Å². The molecule has 23 heavy (non-hydrogen) atoms. The number of hydrogen-bond acceptors (Lipinski definition) is 4. The van der Waals surface area contributed by atoms with Crippen LogP contribution in [-0.4, -0.2) is 22.8 Å². The van der Waals surface area contributed by atoms with E-state index < -0.39 is 4.92 Å². The lowest BCUT2D eigenvalue weighted by molar-refractivity contribution is -0.384. The topological polar surface area (TPSA) is 76.6 Å². The van der Waals surface area contributed by atoms with E-state index in [0.29, 0.717) is 11.3 Å². The second-order valence-electron chi connectivity index (χ2n) is 5.26. The van der Waals surface area contributed by atoms with Gasteiger partial charge in [0.05, 0.1) is 11.0 Å². The van der Waals surface area contributed by atoms with Gasteiger partial charge in [-0.25, -0.2) is 0 Å². The maximum atomic E-state index is 12.2. The van der Waals surface area contributed by atoms with Crippen molar-refractivity contribution in [3.8, 4) is 0 Å². The molecule has 0 aliphatic heterocycles. The third-order valence-corrected chi connectivity index (χ3v) is 3.64. The molecule has 0 aliphatic rings. The van der Waals surface area contributed by atoms with Crippen molar-refractivity contribution >= 4 is 17.7 Å². The molecule has 0 N–H and O–H groups in total. The first-order chi connectivity index (χ1) is 10.9. The molecule has 6 heteroatoms. The van der Waals surface area contributed by atoms with Gasteiger partial charge in [0.15, 0.2) is 0 Å². The van der Waals surface area contributed by atoms with Crippen molar-refractivity contribution in [2.75, 3.05) is 7.05 Å². The maximum Gasteiger partial charge on any atom is 0.269 e. The third kappa shape index (κ3) is 4.06. The smallest absolute Gasteiger partial charge is 0.269 e. The van der Waals surface area contributed by atoms with Gasteiger partial charge in [0.1, 0.15) is 11.5 Å². The number of carbonyl (C=O) groups excluding carboxylic acids is 1. The Balaban J connectivity index is 2.10. The van der Waals surface area contributed by atoms with Crippen LogP contribution < -0.4 is 0 Å². The van der Waals surface area contributed by atoms with Gasteiger partial charge >= 0.3 is 0 Å². The van der Waals surface area contributed by atoms with Crippen LogP contribution >= 0.6 is 0 Å². The summed E-state index contributed by atoms with van der Waals surface area (Å²) in [5, 5.41) is 10.8. The molecule has 0 spiro atoms. The highest BCUT2D eigenvalue weighted by molar-refractivity contribution is 5.91. The van der Waals surface area contributed by atoms with Gasteiger partial charge in [-0.3, -0.25) is 14.9 Å². The quantitative estimate of drug-likeness (QED) is 0.478. The minimum Gasteiger partial charge on any atom is -0.462 e. The van der Waals surface area contributed by atoms with Gasteiger partial charge in [-0.1, -0.05) is 12.1 Å². The summed E-state index contributed by atoms with van der Waals surface area (Å²) in [7, 11) is 1.66. The summed E-state index contributed by atoms with van der Waals surface area (Å²) in [6.45, 7) is 3.65. The molecule has 0 saturated carbocycles. The SMILES string of the molecule is Cc1ccc(/C=C/C(=O)N(C)C(C)c2cccc([N+](=O)[O-])c2)o1. The molecule has 1 amide bonds. The molecule has 6 nitrogen and oxygen atoms in total. The molecule has 1 heterocycles. The average Bonchev–Trinajstić information content (AvgIpc) is 2.96. The summed E-state index contributed by atoms with van der Waals surface area (Å²) in [4.78, 5) is 24.1. The Morgan fingerprint density at radius 2 is 2.09 bits per heavy atom. The number of carbonyl (C=O) groups is 1. The molecule has 2 rings (SSSR count). The number of nitro benzene ring substituents is 1. The Labute approximate surface area is 134 Å². The highest BCUT2D eigenvalue weighted by Gasteiger charge is 2.17. The first-order valence-corrected chi connectivity index (χ1v) is 7.14. The zero-order valence-corrected chi connectivity index (χ0v) is 13.2. The normalized spacial score (nSPS) is 12.3. The second-order valence-corrected chi connectivity index (χ2v) is 5.26. The van der Waals surface area contributed by atoms with E-state index >= 15 is 0 Å². The minimum atomic E-state index is -0.447. The Morgan fingerprint density at radius 3 is 2.70 bits per heavy atom. The average molecular weight is 314 g/mol. The standard InChI is InChI=1S/C17H18N2O4/c1-12-7-8-16(23-12)9-10-17(20)18(3)13(2)14-5-4-6-15(11-14)19(21)22/h4-11,13H,1-3H3/b10-9+. The lowest BCUT2D eigenvalue weighted by Crippen LogP contribution is -2.28. The number of nitro groups is 1. The van der Waals surface area contributed by atoms with Gasteiger partial charge in [0, 0.05) is 25.3 Å². The molecule has 0 bridgehead atoms. The fourth-order valence-corrected chi connectivity index (χ4v) is 2.13. The molecule has 1 atom stereocenters. The highest BCUT2D eigenvalue weighted by atomic mass is 16.6. The molecule has 1 unspecified atom stereocenters. The fourth-order valence-electron chi connectivity index (χ4n) is 2.13. The number of likely N-dealkylation sites (N-methyl/N-ethyl adjacent to an activating group) is 1. The Bertz CT molecular complexity index is 749. The number of nitrogens with zero attached hydrogens (tertiary/aromatic N) is 2. The van der Waals surface area contributed by atoms with Crippen LogP contribution in [0.25, 0.3) is 6.08 Å². The fraction of sp³-hybridized carbons (Fsp3) is 0.235. The van der Waals surface area contributed by atoms with Crippen LogP contribution in [0, 0.1) is 17.0 Å². The van der Waals surface area contributed by atoms with Gasteiger partial charge in [0.2, 0.25) is 5.91 Å². The largest absolute Gasteiger partial charge is 0.462 e. The first-order valence-electron chi connectivity index (χ1n) is 7.14. The number of hydrogen-bond donors (Lipinski definition) is 0. The van der Waals surface area contributed by atoms with Crippen molar-refractivity contribution < 1.29 is 14.1 Å². The molecular weight excluding hydrogens is 296 g/mol. The van der Waals surface area contributed by atoms with E-state index in [1.165, 1.54) is 23.1 Å². The van der Waals surface area contributed by atoms with Crippen molar-refractivity contribution in [3.05, 3.63) is 69.7 Å². The molecule has 0 aliphatic carbocycles. The maximum absolute atomic E-state index is 12.2. The Hall–Kier alpha value is -2.89. The summed E-state index contributed by atoms with van der Waals surface area (Å²) in [6.07, 6.45) is 3.03.